The number of halogens is 3. The Morgan fingerprint density at radius 3 is 2.38 bits per heavy atom. The van der Waals surface area contributed by atoms with E-state index < -0.39 is 29.7 Å². The second-order valence-electron chi connectivity index (χ2n) is 5.86. The van der Waals surface area contributed by atoms with Crippen LogP contribution in [0.25, 0.3) is 0 Å². The number of benzene rings is 2. The minimum absolute atomic E-state index is 0.00145. The standard InChI is InChI=1S/C19H18F3NO3/c1-12-6-8-14(9-7-12)10-17(24)26-13(2)18(25)23-16-5-3-4-15(11-16)19(20,21)22/h3-9,11,13H,10H2,1-2H3,(H,23,25)/t13-/m0/s1. The summed E-state index contributed by atoms with van der Waals surface area (Å²) < 4.78 is 43.1. The fourth-order valence-electron chi connectivity index (χ4n) is 2.18. The Morgan fingerprint density at radius 2 is 1.77 bits per heavy atom. The van der Waals surface area contributed by atoms with Gasteiger partial charge in [-0.25, -0.2) is 0 Å². The highest BCUT2D eigenvalue weighted by molar-refractivity contribution is 5.95. The van der Waals surface area contributed by atoms with E-state index in [0.717, 1.165) is 23.3 Å². The minimum Gasteiger partial charge on any atom is -0.452 e. The number of carbonyl (C=O) groups is 2. The second-order valence-corrected chi connectivity index (χ2v) is 5.86. The zero-order valence-electron chi connectivity index (χ0n) is 14.3. The first kappa shape index (κ1) is 19.5. The molecule has 4 nitrogen and oxygen atoms in total. The monoisotopic (exact) mass is 365 g/mol. The van der Waals surface area contributed by atoms with Crippen LogP contribution in [0.15, 0.2) is 48.5 Å². The number of aryl methyl sites for hydroxylation is 1. The van der Waals surface area contributed by atoms with Crippen molar-refractivity contribution in [2.45, 2.75) is 32.5 Å². The molecule has 0 saturated heterocycles. The molecule has 2 rings (SSSR count). The van der Waals surface area contributed by atoms with Crippen molar-refractivity contribution in [2.24, 2.45) is 0 Å². The van der Waals surface area contributed by atoms with E-state index in [2.05, 4.69) is 5.32 Å². The fourth-order valence-corrected chi connectivity index (χ4v) is 2.18. The Balaban J connectivity index is 1.93. The molecule has 0 aliphatic heterocycles. The molecule has 0 aliphatic rings. The third kappa shape index (κ3) is 5.61. The molecule has 0 fully saturated rings. The smallest absolute Gasteiger partial charge is 0.416 e. The molecule has 0 aromatic heterocycles. The molecule has 0 radical (unpaired) electrons. The molecule has 2 aromatic rings. The van der Waals surface area contributed by atoms with Gasteiger partial charge in [-0.05, 0) is 37.6 Å². The lowest BCUT2D eigenvalue weighted by Gasteiger charge is -2.14. The highest BCUT2D eigenvalue weighted by Crippen LogP contribution is 2.30. The second kappa shape index (κ2) is 8.03. The lowest BCUT2D eigenvalue weighted by atomic mass is 10.1. The van der Waals surface area contributed by atoms with Gasteiger partial charge in [-0.2, -0.15) is 13.2 Å². The molecule has 0 unspecified atom stereocenters. The SMILES string of the molecule is Cc1ccc(CC(=O)O[C@@H](C)C(=O)Nc2cccc(C(F)(F)F)c2)cc1. The van der Waals surface area contributed by atoms with Crippen molar-refractivity contribution in [3.05, 3.63) is 65.2 Å². The van der Waals surface area contributed by atoms with Gasteiger partial charge < -0.3 is 10.1 Å². The van der Waals surface area contributed by atoms with E-state index in [4.69, 9.17) is 4.74 Å². The van der Waals surface area contributed by atoms with Gasteiger partial charge in [-0.1, -0.05) is 35.9 Å². The molecule has 2 aromatic carbocycles. The predicted molar refractivity (Wildman–Crippen MR) is 90.5 cm³/mol. The Bertz CT molecular complexity index is 785. The quantitative estimate of drug-likeness (QED) is 0.811. The van der Waals surface area contributed by atoms with Crippen LogP contribution in [0.4, 0.5) is 18.9 Å². The third-order valence-corrected chi connectivity index (χ3v) is 3.60. The average Bonchev–Trinajstić information content (AvgIpc) is 2.56. The van der Waals surface area contributed by atoms with Gasteiger partial charge >= 0.3 is 12.1 Å². The number of nitrogens with one attached hydrogen (secondary N) is 1. The van der Waals surface area contributed by atoms with E-state index in [9.17, 15) is 22.8 Å². The normalized spacial score (nSPS) is 12.3. The molecule has 7 heteroatoms. The topological polar surface area (TPSA) is 55.4 Å². The first-order valence-corrected chi connectivity index (χ1v) is 7.88. The van der Waals surface area contributed by atoms with Gasteiger partial charge in [-0.15, -0.1) is 0 Å². The summed E-state index contributed by atoms with van der Waals surface area (Å²) in [5, 5.41) is 2.31. The van der Waals surface area contributed by atoms with Crippen molar-refractivity contribution in [3.8, 4) is 0 Å². The van der Waals surface area contributed by atoms with Crippen LogP contribution in [0.2, 0.25) is 0 Å². The van der Waals surface area contributed by atoms with Crippen LogP contribution in [-0.4, -0.2) is 18.0 Å². The third-order valence-electron chi connectivity index (χ3n) is 3.60. The highest BCUT2D eigenvalue weighted by atomic mass is 19.4. The summed E-state index contributed by atoms with van der Waals surface area (Å²) >= 11 is 0. The van der Waals surface area contributed by atoms with Crippen molar-refractivity contribution in [1.29, 1.82) is 0 Å². The van der Waals surface area contributed by atoms with Crippen LogP contribution >= 0.6 is 0 Å². The van der Waals surface area contributed by atoms with Crippen LogP contribution in [0.5, 0.6) is 0 Å². The van der Waals surface area contributed by atoms with Crippen LogP contribution in [0, 0.1) is 6.92 Å². The molecule has 138 valence electrons. The van der Waals surface area contributed by atoms with E-state index in [1.165, 1.54) is 19.1 Å². The summed E-state index contributed by atoms with van der Waals surface area (Å²) in [6.07, 6.45) is -5.64. The number of alkyl halides is 3. The van der Waals surface area contributed by atoms with Crippen molar-refractivity contribution in [3.63, 3.8) is 0 Å². The zero-order chi connectivity index (χ0) is 19.3. The lowest BCUT2D eigenvalue weighted by Crippen LogP contribution is -2.30. The predicted octanol–water partition coefficient (Wildman–Crippen LogP) is 4.13. The molecule has 26 heavy (non-hydrogen) atoms. The maximum absolute atomic E-state index is 12.7. The minimum atomic E-state index is -4.51. The van der Waals surface area contributed by atoms with E-state index in [-0.39, 0.29) is 12.1 Å². The van der Waals surface area contributed by atoms with E-state index in [1.807, 2.05) is 19.1 Å². The molecule has 1 atom stereocenters. The van der Waals surface area contributed by atoms with Crippen LogP contribution < -0.4 is 5.32 Å². The number of ether oxygens (including phenoxy) is 1. The van der Waals surface area contributed by atoms with E-state index in [0.29, 0.717) is 0 Å². The van der Waals surface area contributed by atoms with Crippen molar-refractivity contribution < 1.29 is 27.5 Å². The summed E-state index contributed by atoms with van der Waals surface area (Å²) in [5.74, 6) is -1.30. The van der Waals surface area contributed by atoms with Gasteiger partial charge in [0.25, 0.3) is 5.91 Å². The Morgan fingerprint density at radius 1 is 1.12 bits per heavy atom. The summed E-state index contributed by atoms with van der Waals surface area (Å²) in [4.78, 5) is 23.9. The Kier molecular flexibility index (Phi) is 6.02. The maximum Gasteiger partial charge on any atom is 0.416 e. The molecule has 0 heterocycles. The van der Waals surface area contributed by atoms with Crippen molar-refractivity contribution in [1.82, 2.24) is 0 Å². The van der Waals surface area contributed by atoms with Gasteiger partial charge in [-0.3, -0.25) is 9.59 Å². The molecule has 1 amide bonds. The Hall–Kier alpha value is -2.83. The maximum atomic E-state index is 12.7. The number of amides is 1. The number of rotatable bonds is 5. The first-order chi connectivity index (χ1) is 12.1. The molecule has 0 spiro atoms. The van der Waals surface area contributed by atoms with Gasteiger partial charge in [0, 0.05) is 5.69 Å². The molecular formula is C19H18F3NO3. The fraction of sp³-hybridized carbons (Fsp3) is 0.263. The number of anilines is 1. The van der Waals surface area contributed by atoms with Gasteiger partial charge in [0.2, 0.25) is 0 Å². The van der Waals surface area contributed by atoms with E-state index >= 15 is 0 Å². The number of hydrogen-bond acceptors (Lipinski definition) is 3. The van der Waals surface area contributed by atoms with Crippen molar-refractivity contribution >= 4 is 17.6 Å². The van der Waals surface area contributed by atoms with E-state index in [1.54, 1.807) is 12.1 Å². The lowest BCUT2D eigenvalue weighted by molar-refractivity contribution is -0.152. The molecule has 0 aliphatic carbocycles. The number of esters is 1. The molecule has 1 N–H and O–H groups in total. The highest BCUT2D eigenvalue weighted by Gasteiger charge is 2.30. The van der Waals surface area contributed by atoms with Crippen molar-refractivity contribution in [2.75, 3.05) is 5.32 Å². The van der Waals surface area contributed by atoms with Crippen LogP contribution in [0.1, 0.15) is 23.6 Å². The zero-order valence-corrected chi connectivity index (χ0v) is 14.3. The molecule has 0 saturated carbocycles. The number of hydrogen-bond donors (Lipinski definition) is 1. The first-order valence-electron chi connectivity index (χ1n) is 7.88. The molecule has 0 bridgehead atoms. The van der Waals surface area contributed by atoms with Gasteiger partial charge in [0.05, 0.1) is 12.0 Å². The average molecular weight is 365 g/mol. The van der Waals surface area contributed by atoms with Gasteiger partial charge in [0.15, 0.2) is 6.10 Å². The summed E-state index contributed by atoms with van der Waals surface area (Å²) in [6, 6.07) is 11.5. The van der Waals surface area contributed by atoms with Crippen LogP contribution in [-0.2, 0) is 26.9 Å². The largest absolute Gasteiger partial charge is 0.452 e. The number of carbonyl (C=O) groups excluding carboxylic acids is 2. The summed E-state index contributed by atoms with van der Waals surface area (Å²) in [5.41, 5.74) is 0.896. The Labute approximate surface area is 149 Å². The summed E-state index contributed by atoms with van der Waals surface area (Å²) in [6.45, 7) is 3.28. The van der Waals surface area contributed by atoms with Gasteiger partial charge in [0.1, 0.15) is 0 Å². The molecular weight excluding hydrogens is 347 g/mol. The van der Waals surface area contributed by atoms with Crippen LogP contribution in [0.3, 0.4) is 0 Å². The summed E-state index contributed by atoms with van der Waals surface area (Å²) in [7, 11) is 0.